The van der Waals surface area contributed by atoms with Crippen LogP contribution >= 0.6 is 11.6 Å². The third kappa shape index (κ3) is 2.75. The van der Waals surface area contributed by atoms with E-state index in [0.29, 0.717) is 44.0 Å². The highest BCUT2D eigenvalue weighted by molar-refractivity contribution is 6.32. The SMILES string of the molecule is CCc1nn(C)c(CC(=O)C2(CN)CCOCC2)c1Cl. The van der Waals surface area contributed by atoms with E-state index in [1.54, 1.807) is 4.68 Å². The van der Waals surface area contributed by atoms with E-state index in [1.807, 2.05) is 14.0 Å². The maximum Gasteiger partial charge on any atom is 0.146 e. The van der Waals surface area contributed by atoms with Crippen LogP contribution in [0.3, 0.4) is 0 Å². The molecule has 2 rings (SSSR count). The third-order valence-electron chi connectivity index (χ3n) is 4.26. The Hall–Kier alpha value is -0.910. The van der Waals surface area contributed by atoms with Crippen LogP contribution in [-0.2, 0) is 29.4 Å². The molecule has 1 aliphatic heterocycles. The first-order valence-electron chi connectivity index (χ1n) is 7.05. The minimum atomic E-state index is -0.460. The molecule has 1 aromatic rings. The highest BCUT2D eigenvalue weighted by atomic mass is 35.5. The summed E-state index contributed by atoms with van der Waals surface area (Å²) >= 11 is 6.31. The molecule has 0 amide bonds. The molecular formula is C14H22ClN3O2. The molecule has 112 valence electrons. The van der Waals surface area contributed by atoms with E-state index in [2.05, 4.69) is 5.10 Å². The first-order valence-corrected chi connectivity index (χ1v) is 7.43. The maximum atomic E-state index is 12.7. The Kier molecular flexibility index (Phi) is 4.83. The molecule has 2 N–H and O–H groups in total. The van der Waals surface area contributed by atoms with Crippen molar-refractivity contribution in [3.05, 3.63) is 16.4 Å². The molecule has 1 aromatic heterocycles. The molecule has 0 atom stereocenters. The van der Waals surface area contributed by atoms with Gasteiger partial charge in [0.2, 0.25) is 0 Å². The lowest BCUT2D eigenvalue weighted by molar-refractivity contribution is -0.133. The second-order valence-corrected chi connectivity index (χ2v) is 5.76. The molecule has 0 aliphatic carbocycles. The summed E-state index contributed by atoms with van der Waals surface area (Å²) in [5, 5.41) is 4.97. The van der Waals surface area contributed by atoms with Gasteiger partial charge < -0.3 is 10.5 Å². The van der Waals surface area contributed by atoms with E-state index in [9.17, 15) is 4.79 Å². The van der Waals surface area contributed by atoms with Crippen molar-refractivity contribution in [2.75, 3.05) is 19.8 Å². The minimum Gasteiger partial charge on any atom is -0.381 e. The van der Waals surface area contributed by atoms with Gasteiger partial charge in [0, 0.05) is 32.2 Å². The summed E-state index contributed by atoms with van der Waals surface area (Å²) in [5.74, 6) is 0.149. The lowest BCUT2D eigenvalue weighted by Gasteiger charge is -2.34. The molecule has 0 bridgehead atoms. The van der Waals surface area contributed by atoms with Crippen molar-refractivity contribution < 1.29 is 9.53 Å². The number of Topliss-reactive ketones (excluding diaryl/α,β-unsaturated/α-hetero) is 1. The van der Waals surface area contributed by atoms with Crippen molar-refractivity contribution in [1.82, 2.24) is 9.78 Å². The Morgan fingerprint density at radius 3 is 2.65 bits per heavy atom. The van der Waals surface area contributed by atoms with Gasteiger partial charge in [-0.05, 0) is 19.3 Å². The summed E-state index contributed by atoms with van der Waals surface area (Å²) in [5.41, 5.74) is 7.03. The van der Waals surface area contributed by atoms with Crippen LogP contribution in [0.25, 0.3) is 0 Å². The van der Waals surface area contributed by atoms with Crippen molar-refractivity contribution in [2.24, 2.45) is 18.2 Å². The Morgan fingerprint density at radius 2 is 2.15 bits per heavy atom. The first kappa shape index (κ1) is 15.5. The fraction of sp³-hybridized carbons (Fsp3) is 0.714. The van der Waals surface area contributed by atoms with Gasteiger partial charge in [-0.15, -0.1) is 0 Å². The van der Waals surface area contributed by atoms with Crippen molar-refractivity contribution in [3.8, 4) is 0 Å². The lowest BCUT2D eigenvalue weighted by atomic mass is 9.75. The van der Waals surface area contributed by atoms with E-state index >= 15 is 0 Å². The molecule has 2 heterocycles. The molecule has 20 heavy (non-hydrogen) atoms. The van der Waals surface area contributed by atoms with Gasteiger partial charge in [-0.1, -0.05) is 18.5 Å². The zero-order valence-corrected chi connectivity index (χ0v) is 12.9. The topological polar surface area (TPSA) is 70.1 Å². The predicted octanol–water partition coefficient (Wildman–Crippen LogP) is 1.50. The molecular weight excluding hydrogens is 278 g/mol. The molecule has 1 fully saturated rings. The van der Waals surface area contributed by atoms with E-state index in [-0.39, 0.29) is 5.78 Å². The monoisotopic (exact) mass is 299 g/mol. The second-order valence-electron chi connectivity index (χ2n) is 5.38. The summed E-state index contributed by atoms with van der Waals surface area (Å²) in [6.45, 7) is 3.56. The Labute approximate surface area is 124 Å². The zero-order valence-electron chi connectivity index (χ0n) is 12.1. The number of nitrogens with two attached hydrogens (primary N) is 1. The van der Waals surface area contributed by atoms with Gasteiger partial charge in [0.15, 0.2) is 0 Å². The van der Waals surface area contributed by atoms with E-state index < -0.39 is 5.41 Å². The van der Waals surface area contributed by atoms with E-state index in [1.165, 1.54) is 0 Å². The Morgan fingerprint density at radius 1 is 1.50 bits per heavy atom. The standard InChI is InChI=1S/C14H22ClN3O2/c1-3-10-13(15)11(18(2)17-10)8-12(19)14(9-16)4-6-20-7-5-14/h3-9,16H2,1-2H3. The Balaban J connectivity index is 2.20. The fourth-order valence-corrected chi connectivity index (χ4v) is 3.07. The zero-order chi connectivity index (χ0) is 14.8. The normalized spacial score (nSPS) is 18.2. The van der Waals surface area contributed by atoms with Crippen molar-refractivity contribution >= 4 is 17.4 Å². The number of ether oxygens (including phenoxy) is 1. The molecule has 0 spiro atoms. The third-order valence-corrected chi connectivity index (χ3v) is 4.70. The summed E-state index contributed by atoms with van der Waals surface area (Å²) in [7, 11) is 1.83. The number of aromatic nitrogens is 2. The average molecular weight is 300 g/mol. The van der Waals surface area contributed by atoms with Crippen LogP contribution in [-0.4, -0.2) is 35.3 Å². The van der Waals surface area contributed by atoms with Crippen LogP contribution in [0.4, 0.5) is 0 Å². The van der Waals surface area contributed by atoms with Gasteiger partial charge in [-0.3, -0.25) is 9.48 Å². The molecule has 0 unspecified atom stereocenters. The highest BCUT2D eigenvalue weighted by Crippen LogP contribution is 2.33. The molecule has 0 aromatic carbocycles. The summed E-state index contributed by atoms with van der Waals surface area (Å²) in [6, 6.07) is 0. The highest BCUT2D eigenvalue weighted by Gasteiger charge is 2.39. The predicted molar refractivity (Wildman–Crippen MR) is 77.8 cm³/mol. The quantitative estimate of drug-likeness (QED) is 0.894. The number of nitrogens with zero attached hydrogens (tertiary/aromatic N) is 2. The van der Waals surface area contributed by atoms with Gasteiger partial charge in [-0.25, -0.2) is 0 Å². The van der Waals surface area contributed by atoms with Gasteiger partial charge in [-0.2, -0.15) is 5.10 Å². The number of ketones is 1. The molecule has 0 saturated carbocycles. The first-order chi connectivity index (χ1) is 9.54. The number of rotatable bonds is 5. The van der Waals surface area contributed by atoms with Crippen LogP contribution in [0, 0.1) is 5.41 Å². The number of hydrogen-bond donors (Lipinski definition) is 1. The largest absolute Gasteiger partial charge is 0.381 e. The fourth-order valence-electron chi connectivity index (χ4n) is 2.71. The van der Waals surface area contributed by atoms with Crippen LogP contribution in [0.5, 0.6) is 0 Å². The minimum absolute atomic E-state index is 0.149. The summed E-state index contributed by atoms with van der Waals surface area (Å²) < 4.78 is 7.06. The number of halogens is 1. The van der Waals surface area contributed by atoms with Crippen molar-refractivity contribution in [2.45, 2.75) is 32.6 Å². The number of aryl methyl sites for hydroxylation is 2. The van der Waals surface area contributed by atoms with Crippen molar-refractivity contribution in [1.29, 1.82) is 0 Å². The summed E-state index contributed by atoms with van der Waals surface area (Å²) in [4.78, 5) is 12.7. The Bertz CT molecular complexity index is 493. The number of carbonyl (C=O) groups is 1. The molecule has 1 aliphatic rings. The molecule has 1 saturated heterocycles. The summed E-state index contributed by atoms with van der Waals surface area (Å²) in [6.07, 6.45) is 2.44. The average Bonchev–Trinajstić information content (AvgIpc) is 2.75. The van der Waals surface area contributed by atoms with Gasteiger partial charge in [0.05, 0.1) is 22.8 Å². The van der Waals surface area contributed by atoms with Crippen LogP contribution < -0.4 is 5.73 Å². The number of hydrogen-bond acceptors (Lipinski definition) is 4. The van der Waals surface area contributed by atoms with Crippen LogP contribution in [0.1, 0.15) is 31.2 Å². The maximum absolute atomic E-state index is 12.7. The van der Waals surface area contributed by atoms with Gasteiger partial charge in [0.1, 0.15) is 5.78 Å². The van der Waals surface area contributed by atoms with Gasteiger partial charge >= 0.3 is 0 Å². The van der Waals surface area contributed by atoms with E-state index in [4.69, 9.17) is 22.1 Å². The van der Waals surface area contributed by atoms with Crippen molar-refractivity contribution in [3.63, 3.8) is 0 Å². The molecule has 5 nitrogen and oxygen atoms in total. The van der Waals surface area contributed by atoms with Crippen LogP contribution in [0.15, 0.2) is 0 Å². The van der Waals surface area contributed by atoms with Crippen LogP contribution in [0.2, 0.25) is 5.02 Å². The smallest absolute Gasteiger partial charge is 0.146 e. The van der Waals surface area contributed by atoms with Gasteiger partial charge in [0.25, 0.3) is 0 Å². The van der Waals surface area contributed by atoms with E-state index in [0.717, 1.165) is 17.8 Å². The number of carbonyl (C=O) groups excluding carboxylic acids is 1. The second kappa shape index (κ2) is 6.24. The molecule has 0 radical (unpaired) electrons. The lowest BCUT2D eigenvalue weighted by Crippen LogP contribution is -2.44. The molecule has 6 heteroatoms.